The molecule has 0 N–H and O–H groups in total. The number of hydrogen-bond donors (Lipinski definition) is 0. The number of allylic oxidation sites excluding steroid dienone is 1. The van der Waals surface area contributed by atoms with Crippen molar-refractivity contribution >= 4 is 44.1 Å². The summed E-state index contributed by atoms with van der Waals surface area (Å²) in [6, 6.07) is 49.4. The second kappa shape index (κ2) is 10.5. The summed E-state index contributed by atoms with van der Waals surface area (Å²) in [5.41, 5.74) is 11.4. The summed E-state index contributed by atoms with van der Waals surface area (Å²) in [7, 11) is 0. The zero-order valence-electron chi connectivity index (χ0n) is 24.2. The van der Waals surface area contributed by atoms with Crippen LogP contribution >= 0.6 is 0 Å². The first-order valence-corrected chi connectivity index (χ1v) is 15.1. The summed E-state index contributed by atoms with van der Waals surface area (Å²) in [4.78, 5) is 4.35. The smallest absolute Gasteiger partial charge is 0.0302 e. The molecule has 1 aliphatic heterocycles. The zero-order valence-corrected chi connectivity index (χ0v) is 24.2. The number of aryl methyl sites for hydroxylation is 1. The largest absolute Gasteiger partial charge is 0.269 e. The fourth-order valence-electron chi connectivity index (χ4n) is 6.70. The summed E-state index contributed by atoms with van der Waals surface area (Å²) in [6.45, 7) is 2.15. The minimum absolute atomic E-state index is 1.02. The molecule has 1 nitrogen and oxygen atoms in total. The van der Waals surface area contributed by atoms with Gasteiger partial charge in [0.1, 0.15) is 0 Å². The molecule has 0 unspecified atom stereocenters. The summed E-state index contributed by atoms with van der Waals surface area (Å²) in [5, 5.41) is 7.67. The van der Waals surface area contributed by atoms with E-state index in [4.69, 9.17) is 0 Å². The highest BCUT2D eigenvalue weighted by Gasteiger charge is 2.17. The van der Waals surface area contributed by atoms with Crippen LogP contribution in [0, 0.1) is 6.92 Å². The number of fused-ring (bicyclic) bond motifs is 3. The Morgan fingerprint density at radius 1 is 0.465 bits per heavy atom. The third kappa shape index (κ3) is 4.54. The van der Waals surface area contributed by atoms with Crippen molar-refractivity contribution in [1.29, 1.82) is 0 Å². The highest BCUT2D eigenvalue weighted by Crippen LogP contribution is 2.44. The molecule has 0 fully saturated rings. The molecular formula is C42H31N. The van der Waals surface area contributed by atoms with Gasteiger partial charge in [0.05, 0.1) is 0 Å². The minimum atomic E-state index is 1.02. The lowest BCUT2D eigenvalue weighted by Gasteiger charge is -2.18. The van der Waals surface area contributed by atoms with Crippen LogP contribution in [0.25, 0.3) is 71.3 Å². The Labute approximate surface area is 252 Å². The maximum atomic E-state index is 4.35. The van der Waals surface area contributed by atoms with Gasteiger partial charge in [0.2, 0.25) is 0 Å². The van der Waals surface area contributed by atoms with Gasteiger partial charge in [0, 0.05) is 12.4 Å². The van der Waals surface area contributed by atoms with Crippen LogP contribution in [-0.2, 0) is 0 Å². The molecule has 1 heteroatoms. The molecule has 0 bridgehead atoms. The minimum Gasteiger partial charge on any atom is -0.269 e. The molecule has 0 spiro atoms. The molecule has 0 aliphatic carbocycles. The van der Waals surface area contributed by atoms with Crippen molar-refractivity contribution < 1.29 is 0 Å². The predicted octanol–water partition coefficient (Wildman–Crippen LogP) is 11.7. The van der Waals surface area contributed by atoms with Crippen molar-refractivity contribution in [1.82, 2.24) is 0 Å². The highest BCUT2D eigenvalue weighted by molar-refractivity contribution is 6.21. The third-order valence-electron chi connectivity index (χ3n) is 8.86. The van der Waals surface area contributed by atoms with Gasteiger partial charge < -0.3 is 0 Å². The molecule has 7 aromatic rings. The lowest BCUT2D eigenvalue weighted by atomic mass is 9.85. The summed E-state index contributed by atoms with van der Waals surface area (Å²) in [5.74, 6) is 0. The number of nitrogens with zero attached hydrogens (tertiary/aromatic N) is 1. The van der Waals surface area contributed by atoms with E-state index in [0.29, 0.717) is 0 Å². The van der Waals surface area contributed by atoms with Gasteiger partial charge in [0.15, 0.2) is 0 Å². The Bertz CT molecular complexity index is 2160. The van der Waals surface area contributed by atoms with Crippen LogP contribution < -0.4 is 0 Å². The van der Waals surface area contributed by atoms with Crippen molar-refractivity contribution in [3.8, 4) is 33.4 Å². The maximum absolute atomic E-state index is 4.35. The fourth-order valence-corrected chi connectivity index (χ4v) is 6.70. The van der Waals surface area contributed by atoms with Crippen LogP contribution in [0.5, 0.6) is 0 Å². The van der Waals surface area contributed by atoms with Crippen molar-refractivity contribution in [3.63, 3.8) is 0 Å². The van der Waals surface area contributed by atoms with Crippen molar-refractivity contribution in [3.05, 3.63) is 151 Å². The van der Waals surface area contributed by atoms with Crippen LogP contribution in [0.3, 0.4) is 0 Å². The molecule has 8 rings (SSSR count). The second-order valence-corrected chi connectivity index (χ2v) is 11.6. The van der Waals surface area contributed by atoms with Crippen LogP contribution in [0.15, 0.2) is 145 Å². The lowest BCUT2D eigenvalue weighted by Crippen LogP contribution is -1.91. The van der Waals surface area contributed by atoms with E-state index in [2.05, 4.69) is 145 Å². The number of hydrogen-bond acceptors (Lipinski definition) is 1. The third-order valence-corrected chi connectivity index (χ3v) is 8.86. The lowest BCUT2D eigenvalue weighted by molar-refractivity contribution is 1.10. The molecule has 0 saturated heterocycles. The molecular weight excluding hydrogens is 518 g/mol. The SMILES string of the molecule is Cc1ccc2cc(-c3c4ccccc4c(-c4ccc(-c5ccc(C6=CN=CCC6)cc5)cc4)c4ccccc34)ccc2c1. The number of rotatable bonds is 4. The van der Waals surface area contributed by atoms with Gasteiger partial charge >= 0.3 is 0 Å². The number of benzene rings is 7. The van der Waals surface area contributed by atoms with Gasteiger partial charge in [-0.15, -0.1) is 0 Å². The maximum Gasteiger partial charge on any atom is 0.0302 e. The van der Waals surface area contributed by atoms with Crippen molar-refractivity contribution in [2.24, 2.45) is 4.99 Å². The van der Waals surface area contributed by atoms with Crippen LogP contribution in [0.2, 0.25) is 0 Å². The Balaban J connectivity index is 1.25. The van der Waals surface area contributed by atoms with Gasteiger partial charge in [-0.1, -0.05) is 133 Å². The van der Waals surface area contributed by atoms with E-state index in [-0.39, 0.29) is 0 Å². The van der Waals surface area contributed by atoms with E-state index in [9.17, 15) is 0 Å². The Hall–Kier alpha value is -5.27. The normalized spacial score (nSPS) is 13.1. The molecule has 0 radical (unpaired) electrons. The standard InChI is InChI=1S/C42H31N/c1-28-12-13-34-26-35(23-22-33(34)25-28)42-39-10-4-2-8-37(39)41(38-9-3-5-11-40(38)42)32-20-18-30(19-21-32)29-14-16-31(17-15-29)36-7-6-24-43-27-36/h2-5,8-27H,6-7H2,1H3. The van der Waals surface area contributed by atoms with Crippen molar-refractivity contribution in [2.45, 2.75) is 19.8 Å². The van der Waals surface area contributed by atoms with Crippen LogP contribution in [-0.4, -0.2) is 6.21 Å². The van der Waals surface area contributed by atoms with Crippen LogP contribution in [0.1, 0.15) is 24.0 Å². The predicted molar refractivity (Wildman–Crippen MR) is 186 cm³/mol. The highest BCUT2D eigenvalue weighted by atomic mass is 14.7. The molecule has 0 saturated carbocycles. The summed E-state index contributed by atoms with van der Waals surface area (Å²) in [6.07, 6.45) is 6.05. The van der Waals surface area contributed by atoms with Gasteiger partial charge in [-0.25, -0.2) is 0 Å². The molecule has 43 heavy (non-hydrogen) atoms. The first-order chi connectivity index (χ1) is 21.2. The average molecular weight is 550 g/mol. The Kier molecular flexibility index (Phi) is 6.23. The summed E-state index contributed by atoms with van der Waals surface area (Å²) >= 11 is 0. The second-order valence-electron chi connectivity index (χ2n) is 11.6. The topological polar surface area (TPSA) is 12.4 Å². The summed E-state index contributed by atoms with van der Waals surface area (Å²) < 4.78 is 0. The molecule has 7 aromatic carbocycles. The van der Waals surface area contributed by atoms with Crippen molar-refractivity contribution in [2.75, 3.05) is 0 Å². The molecule has 0 amide bonds. The van der Waals surface area contributed by atoms with E-state index in [1.54, 1.807) is 0 Å². The van der Waals surface area contributed by atoms with E-state index >= 15 is 0 Å². The fraction of sp³-hybridized carbons (Fsp3) is 0.0714. The van der Waals surface area contributed by atoms with Crippen LogP contribution in [0.4, 0.5) is 0 Å². The van der Waals surface area contributed by atoms with E-state index in [0.717, 1.165) is 12.8 Å². The van der Waals surface area contributed by atoms with E-state index in [1.165, 1.54) is 82.4 Å². The first-order valence-electron chi connectivity index (χ1n) is 15.1. The molecule has 0 atom stereocenters. The molecule has 204 valence electrons. The quantitative estimate of drug-likeness (QED) is 0.194. The monoisotopic (exact) mass is 549 g/mol. The first kappa shape index (κ1) is 25.4. The van der Waals surface area contributed by atoms with E-state index < -0.39 is 0 Å². The molecule has 0 aromatic heterocycles. The van der Waals surface area contributed by atoms with Gasteiger partial charge in [0.25, 0.3) is 0 Å². The van der Waals surface area contributed by atoms with Gasteiger partial charge in [-0.2, -0.15) is 0 Å². The Morgan fingerprint density at radius 2 is 0.953 bits per heavy atom. The van der Waals surface area contributed by atoms with Gasteiger partial charge in [-0.05, 0) is 103 Å². The van der Waals surface area contributed by atoms with Gasteiger partial charge in [-0.3, -0.25) is 4.99 Å². The average Bonchev–Trinajstić information content (AvgIpc) is 3.07. The Morgan fingerprint density at radius 3 is 1.53 bits per heavy atom. The molecule has 1 aliphatic rings. The zero-order chi connectivity index (χ0) is 28.8. The van der Waals surface area contributed by atoms with E-state index in [1.807, 2.05) is 12.4 Å². The molecule has 1 heterocycles. The number of aliphatic imine (C=N–C) groups is 1.